The third-order valence-corrected chi connectivity index (χ3v) is 7.35. The van der Waals surface area contributed by atoms with Crippen LogP contribution in [0.5, 0.6) is 6.01 Å². The minimum Gasteiger partial charge on any atom is -0.463 e. The van der Waals surface area contributed by atoms with E-state index < -0.39 is 12.3 Å². The summed E-state index contributed by atoms with van der Waals surface area (Å²) in [6, 6.07) is 0.192. The summed E-state index contributed by atoms with van der Waals surface area (Å²) in [5, 5.41) is 0.329. The van der Waals surface area contributed by atoms with Crippen molar-refractivity contribution in [2.24, 2.45) is 11.7 Å². The molecule has 0 spiro atoms. The van der Waals surface area contributed by atoms with Crippen molar-refractivity contribution in [3.05, 3.63) is 56.5 Å². The van der Waals surface area contributed by atoms with Gasteiger partial charge in [0.2, 0.25) is 0 Å². The molecule has 7 nitrogen and oxygen atoms in total. The molecule has 1 aliphatic heterocycles. The maximum atomic E-state index is 13.1. The number of aryl methyl sites for hydroxylation is 1. The van der Waals surface area contributed by atoms with E-state index in [1.54, 1.807) is 12.4 Å². The Morgan fingerprint density at radius 3 is 2.53 bits per heavy atom. The Kier molecular flexibility index (Phi) is 10.8. The molecule has 1 aliphatic carbocycles. The Morgan fingerprint density at radius 2 is 1.97 bits per heavy atom. The molecule has 36 heavy (non-hydrogen) atoms. The average Bonchev–Trinajstić information content (AvgIpc) is 3.36. The molecular formula is C24H29ClF3N5O2S. The monoisotopic (exact) mass is 543 g/mol. The second-order valence-electron chi connectivity index (χ2n) is 8.51. The van der Waals surface area contributed by atoms with Crippen LogP contribution in [0.15, 0.2) is 40.4 Å². The van der Waals surface area contributed by atoms with Gasteiger partial charge >= 0.3 is 6.01 Å². The SMILES string of the molecule is Cc1cnc(OCC2CCN(C(CN)c3scnc3C(F)F)CC2)nc1.O=CC1=C(Cl)CCC=C1F. The van der Waals surface area contributed by atoms with Gasteiger partial charge in [0, 0.05) is 24.0 Å². The fourth-order valence-electron chi connectivity index (χ4n) is 4.00. The molecule has 0 aromatic carbocycles. The summed E-state index contributed by atoms with van der Waals surface area (Å²) in [6.45, 7) is 4.39. The van der Waals surface area contributed by atoms with Crippen molar-refractivity contribution in [1.82, 2.24) is 19.9 Å². The lowest BCUT2D eigenvalue weighted by Crippen LogP contribution is -2.41. The van der Waals surface area contributed by atoms with Crippen molar-refractivity contribution in [3.63, 3.8) is 0 Å². The van der Waals surface area contributed by atoms with Crippen LogP contribution >= 0.6 is 22.9 Å². The molecule has 2 aliphatic rings. The minimum atomic E-state index is -2.56. The number of allylic oxidation sites excluding steroid dienone is 4. The fraction of sp³-hybridized carbons (Fsp3) is 0.500. The number of hydrogen-bond donors (Lipinski definition) is 1. The summed E-state index contributed by atoms with van der Waals surface area (Å²) < 4.78 is 44.5. The van der Waals surface area contributed by atoms with Gasteiger partial charge in [-0.1, -0.05) is 11.6 Å². The Bertz CT molecular complexity index is 1060. The van der Waals surface area contributed by atoms with Crippen LogP contribution in [-0.4, -0.2) is 52.4 Å². The lowest BCUT2D eigenvalue weighted by Gasteiger charge is -2.36. The van der Waals surface area contributed by atoms with Crippen LogP contribution in [0, 0.1) is 12.8 Å². The topological polar surface area (TPSA) is 94.2 Å². The van der Waals surface area contributed by atoms with Crippen LogP contribution in [0.3, 0.4) is 0 Å². The predicted molar refractivity (Wildman–Crippen MR) is 133 cm³/mol. The summed E-state index contributed by atoms with van der Waals surface area (Å²) in [4.78, 5) is 25.0. The molecule has 1 fully saturated rings. The first-order valence-corrected chi connectivity index (χ1v) is 12.9. The molecule has 0 radical (unpaired) electrons. The molecule has 2 aromatic rings. The van der Waals surface area contributed by atoms with Crippen molar-refractivity contribution in [2.45, 2.75) is 45.1 Å². The lowest BCUT2D eigenvalue weighted by atomic mass is 9.96. The Morgan fingerprint density at radius 1 is 1.28 bits per heavy atom. The van der Waals surface area contributed by atoms with E-state index in [0.29, 0.717) is 54.1 Å². The first-order valence-electron chi connectivity index (χ1n) is 11.6. The molecule has 2 N–H and O–H groups in total. The third-order valence-electron chi connectivity index (χ3n) is 6.01. The number of carbonyl (C=O) groups excluding carboxylic acids is 1. The number of aldehydes is 1. The number of halogens is 4. The Labute approximate surface area is 217 Å². The second kappa shape index (κ2) is 13.8. The van der Waals surface area contributed by atoms with Gasteiger partial charge in [-0.05, 0) is 63.3 Å². The Hall–Kier alpha value is -2.34. The van der Waals surface area contributed by atoms with Gasteiger partial charge in [-0.25, -0.2) is 28.1 Å². The average molecular weight is 544 g/mol. The summed E-state index contributed by atoms with van der Waals surface area (Å²) >= 11 is 6.80. The highest BCUT2D eigenvalue weighted by Gasteiger charge is 2.30. The largest absolute Gasteiger partial charge is 0.463 e. The first-order chi connectivity index (χ1) is 17.3. The third kappa shape index (κ3) is 7.58. The normalized spacial score (nSPS) is 17.9. The molecule has 0 bridgehead atoms. The number of likely N-dealkylation sites (tertiary alicyclic amines) is 1. The molecule has 1 saturated heterocycles. The van der Waals surface area contributed by atoms with Crippen LogP contribution in [0.2, 0.25) is 0 Å². The van der Waals surface area contributed by atoms with Gasteiger partial charge in [0.15, 0.2) is 6.29 Å². The van der Waals surface area contributed by atoms with E-state index >= 15 is 0 Å². The highest BCUT2D eigenvalue weighted by Crippen LogP contribution is 2.34. The van der Waals surface area contributed by atoms with Gasteiger partial charge in [0.25, 0.3) is 6.43 Å². The van der Waals surface area contributed by atoms with Crippen molar-refractivity contribution >= 4 is 29.2 Å². The number of nitrogens with zero attached hydrogens (tertiary/aromatic N) is 4. The van der Waals surface area contributed by atoms with Crippen molar-refractivity contribution in [3.8, 4) is 6.01 Å². The van der Waals surface area contributed by atoms with E-state index in [4.69, 9.17) is 22.1 Å². The number of carbonyl (C=O) groups is 1. The first kappa shape index (κ1) is 28.2. The maximum absolute atomic E-state index is 13.1. The van der Waals surface area contributed by atoms with Crippen LogP contribution < -0.4 is 10.5 Å². The smallest absolute Gasteiger partial charge is 0.316 e. The molecule has 1 unspecified atom stereocenters. The summed E-state index contributed by atoms with van der Waals surface area (Å²) in [6.07, 6.45) is 5.72. The molecule has 0 amide bonds. The summed E-state index contributed by atoms with van der Waals surface area (Å²) in [5.41, 5.74) is 8.24. The summed E-state index contributed by atoms with van der Waals surface area (Å²) in [7, 11) is 0. The zero-order valence-electron chi connectivity index (χ0n) is 19.9. The number of thiazole rings is 1. The fourth-order valence-corrected chi connectivity index (χ4v) is 5.19. The number of hydrogen-bond acceptors (Lipinski definition) is 8. The van der Waals surface area contributed by atoms with Crippen molar-refractivity contribution < 1.29 is 22.7 Å². The van der Waals surface area contributed by atoms with Crippen molar-refractivity contribution in [2.75, 3.05) is 26.2 Å². The zero-order chi connectivity index (χ0) is 26.1. The van der Waals surface area contributed by atoms with Gasteiger partial charge < -0.3 is 10.5 Å². The highest BCUT2D eigenvalue weighted by molar-refractivity contribution is 7.09. The maximum Gasteiger partial charge on any atom is 0.316 e. The van der Waals surface area contributed by atoms with Gasteiger partial charge in [-0.15, -0.1) is 11.3 Å². The van der Waals surface area contributed by atoms with Crippen LogP contribution in [-0.2, 0) is 4.79 Å². The van der Waals surface area contributed by atoms with Gasteiger partial charge in [-0.2, -0.15) is 0 Å². The predicted octanol–water partition coefficient (Wildman–Crippen LogP) is 5.30. The van der Waals surface area contributed by atoms with Gasteiger partial charge in [0.05, 0.1) is 28.6 Å². The van der Waals surface area contributed by atoms with Gasteiger partial charge in [-0.3, -0.25) is 9.69 Å². The van der Waals surface area contributed by atoms with Crippen LogP contribution in [0.1, 0.15) is 54.3 Å². The standard InChI is InChI=1S/C17H23F2N5OS.C7H6ClFO/c1-11-7-21-17(22-8-11)25-9-12-2-4-24(5-3-12)13(6-20)15-14(16(18)19)23-10-26-15;8-6-2-1-3-7(9)5(6)4-10/h7-8,10,12-13,16H,2-6,9,20H2,1H3;3-4H,1-2H2. The number of rotatable bonds is 8. The molecule has 4 rings (SSSR count). The van der Waals surface area contributed by atoms with E-state index in [2.05, 4.69) is 19.9 Å². The van der Waals surface area contributed by atoms with E-state index in [1.165, 1.54) is 22.9 Å². The van der Waals surface area contributed by atoms with E-state index in [9.17, 15) is 18.0 Å². The Balaban J connectivity index is 0.000000303. The van der Waals surface area contributed by atoms with E-state index in [-0.39, 0.29) is 17.3 Å². The zero-order valence-corrected chi connectivity index (χ0v) is 21.5. The molecule has 2 aromatic heterocycles. The lowest BCUT2D eigenvalue weighted by molar-refractivity contribution is -0.104. The number of nitrogens with two attached hydrogens (primary N) is 1. The molecule has 3 heterocycles. The number of ether oxygens (including phenoxy) is 1. The van der Waals surface area contributed by atoms with E-state index in [1.807, 2.05) is 6.92 Å². The van der Waals surface area contributed by atoms with Gasteiger partial charge in [0.1, 0.15) is 11.5 Å². The number of aromatic nitrogens is 3. The number of piperidine rings is 1. The second-order valence-corrected chi connectivity index (χ2v) is 9.86. The number of alkyl halides is 2. The summed E-state index contributed by atoms with van der Waals surface area (Å²) in [5.74, 6) is -0.100. The van der Waals surface area contributed by atoms with Crippen LogP contribution in [0.25, 0.3) is 0 Å². The highest BCUT2D eigenvalue weighted by atomic mass is 35.5. The molecule has 196 valence electrons. The molecule has 1 atom stereocenters. The molecule has 0 saturated carbocycles. The minimum absolute atomic E-state index is 0.00733. The quantitative estimate of drug-likeness (QED) is 0.452. The van der Waals surface area contributed by atoms with E-state index in [0.717, 1.165) is 31.5 Å². The molecule has 12 heteroatoms. The van der Waals surface area contributed by atoms with Crippen molar-refractivity contribution in [1.29, 1.82) is 0 Å². The van der Waals surface area contributed by atoms with Crippen LogP contribution in [0.4, 0.5) is 13.2 Å². The molecular weight excluding hydrogens is 515 g/mol.